The third kappa shape index (κ3) is 2.12. The highest BCUT2D eigenvalue weighted by Crippen LogP contribution is 2.18. The molecule has 76 valence electrons. The van der Waals surface area contributed by atoms with E-state index in [0.717, 1.165) is 11.3 Å². The van der Waals surface area contributed by atoms with Gasteiger partial charge in [0.15, 0.2) is 0 Å². The molecule has 0 aromatic heterocycles. The van der Waals surface area contributed by atoms with Gasteiger partial charge in [0, 0.05) is 12.7 Å². The predicted molar refractivity (Wildman–Crippen MR) is 56.3 cm³/mol. The second-order valence-corrected chi connectivity index (χ2v) is 3.36. The molecular weight excluding hydrogens is 178 g/mol. The monoisotopic (exact) mass is 193 g/mol. The molecule has 0 spiro atoms. The van der Waals surface area contributed by atoms with E-state index in [1.165, 1.54) is 11.8 Å². The molecule has 0 aliphatic carbocycles. The van der Waals surface area contributed by atoms with E-state index in [9.17, 15) is 4.79 Å². The third-order valence-electron chi connectivity index (χ3n) is 2.16. The minimum atomic E-state index is -0.959. The van der Waals surface area contributed by atoms with Crippen LogP contribution in [0.4, 0.5) is 5.69 Å². The summed E-state index contributed by atoms with van der Waals surface area (Å²) in [5, 5.41) is 9.15. The topological polar surface area (TPSA) is 40.5 Å². The maximum Gasteiger partial charge on any atom is 0.255 e. The average molecular weight is 193 g/mol. The molecule has 1 unspecified atom stereocenters. The van der Waals surface area contributed by atoms with Gasteiger partial charge in [-0.25, -0.2) is 0 Å². The molecule has 0 aliphatic heterocycles. The van der Waals surface area contributed by atoms with Crippen LogP contribution in [0.5, 0.6) is 0 Å². The normalized spacial score (nSPS) is 12.3. The molecule has 0 bridgehead atoms. The first kappa shape index (κ1) is 10.7. The molecule has 1 aromatic rings. The Bertz CT molecular complexity index is 334. The van der Waals surface area contributed by atoms with Gasteiger partial charge in [-0.3, -0.25) is 4.79 Å². The molecule has 0 heterocycles. The van der Waals surface area contributed by atoms with E-state index in [-0.39, 0.29) is 5.91 Å². The first-order valence-electron chi connectivity index (χ1n) is 4.55. The Morgan fingerprint density at radius 2 is 2.00 bits per heavy atom. The van der Waals surface area contributed by atoms with E-state index in [2.05, 4.69) is 0 Å². The molecular formula is C11H15NO2. The van der Waals surface area contributed by atoms with Crippen molar-refractivity contribution in [1.82, 2.24) is 0 Å². The van der Waals surface area contributed by atoms with E-state index in [4.69, 9.17) is 5.11 Å². The van der Waals surface area contributed by atoms with Gasteiger partial charge in [-0.15, -0.1) is 0 Å². The number of amides is 1. The van der Waals surface area contributed by atoms with E-state index < -0.39 is 6.10 Å². The predicted octanol–water partition coefficient (Wildman–Crippen LogP) is 1.34. The van der Waals surface area contributed by atoms with Gasteiger partial charge in [-0.05, 0) is 25.5 Å². The van der Waals surface area contributed by atoms with Crippen molar-refractivity contribution in [2.45, 2.75) is 20.0 Å². The molecule has 0 radical (unpaired) electrons. The van der Waals surface area contributed by atoms with E-state index in [1.807, 2.05) is 31.2 Å². The number of benzene rings is 1. The number of carbonyl (C=O) groups is 1. The first-order valence-corrected chi connectivity index (χ1v) is 4.55. The highest BCUT2D eigenvalue weighted by molar-refractivity contribution is 5.96. The summed E-state index contributed by atoms with van der Waals surface area (Å²) in [5.74, 6) is -0.292. The third-order valence-corrected chi connectivity index (χ3v) is 2.16. The molecule has 1 rings (SSSR count). The number of aryl methyl sites for hydroxylation is 1. The number of hydrogen-bond acceptors (Lipinski definition) is 2. The van der Waals surface area contributed by atoms with Gasteiger partial charge in [0.2, 0.25) is 0 Å². The molecule has 0 saturated heterocycles. The number of likely N-dealkylation sites (N-methyl/N-ethyl adjacent to an activating group) is 1. The summed E-state index contributed by atoms with van der Waals surface area (Å²) in [4.78, 5) is 12.9. The summed E-state index contributed by atoms with van der Waals surface area (Å²) in [6.07, 6.45) is -0.959. The Balaban J connectivity index is 2.95. The SMILES string of the molecule is Cc1ccccc1N(C)C(=O)C(C)O. The van der Waals surface area contributed by atoms with Crippen LogP contribution in [0.1, 0.15) is 12.5 Å². The number of hydrogen-bond donors (Lipinski definition) is 1. The Morgan fingerprint density at radius 1 is 1.43 bits per heavy atom. The summed E-state index contributed by atoms with van der Waals surface area (Å²) in [5.41, 5.74) is 1.85. The minimum Gasteiger partial charge on any atom is -0.384 e. The van der Waals surface area contributed by atoms with Crippen molar-refractivity contribution in [2.24, 2.45) is 0 Å². The molecule has 3 heteroatoms. The maximum atomic E-state index is 11.5. The fraction of sp³-hybridized carbons (Fsp3) is 0.364. The van der Waals surface area contributed by atoms with Crippen LogP contribution in [-0.4, -0.2) is 24.2 Å². The van der Waals surface area contributed by atoms with Gasteiger partial charge in [-0.2, -0.15) is 0 Å². The number of anilines is 1. The summed E-state index contributed by atoms with van der Waals surface area (Å²) in [6.45, 7) is 3.40. The van der Waals surface area contributed by atoms with E-state index in [1.54, 1.807) is 7.05 Å². The molecule has 1 aromatic carbocycles. The Kier molecular flexibility index (Phi) is 3.25. The van der Waals surface area contributed by atoms with Crippen LogP contribution in [0.3, 0.4) is 0 Å². The van der Waals surface area contributed by atoms with Crippen molar-refractivity contribution in [2.75, 3.05) is 11.9 Å². The van der Waals surface area contributed by atoms with Gasteiger partial charge < -0.3 is 10.0 Å². The van der Waals surface area contributed by atoms with Crippen LogP contribution in [0.2, 0.25) is 0 Å². The van der Waals surface area contributed by atoms with Crippen LogP contribution < -0.4 is 4.90 Å². The summed E-state index contributed by atoms with van der Waals surface area (Å²) < 4.78 is 0. The molecule has 1 amide bonds. The second kappa shape index (κ2) is 4.24. The largest absolute Gasteiger partial charge is 0.384 e. The summed E-state index contributed by atoms with van der Waals surface area (Å²) in [6, 6.07) is 7.57. The van der Waals surface area contributed by atoms with E-state index >= 15 is 0 Å². The summed E-state index contributed by atoms with van der Waals surface area (Å²) in [7, 11) is 1.66. The summed E-state index contributed by atoms with van der Waals surface area (Å²) >= 11 is 0. The standard InChI is InChI=1S/C11H15NO2/c1-8-6-4-5-7-10(8)12(3)11(14)9(2)13/h4-7,9,13H,1-3H3. The minimum absolute atomic E-state index is 0.292. The van der Waals surface area contributed by atoms with Crippen LogP contribution >= 0.6 is 0 Å². The van der Waals surface area contributed by atoms with Crippen molar-refractivity contribution in [3.63, 3.8) is 0 Å². The van der Waals surface area contributed by atoms with Crippen molar-refractivity contribution in [3.8, 4) is 0 Å². The first-order chi connectivity index (χ1) is 6.54. The van der Waals surface area contributed by atoms with Crippen molar-refractivity contribution in [1.29, 1.82) is 0 Å². The van der Waals surface area contributed by atoms with Gasteiger partial charge in [0.05, 0.1) is 0 Å². The molecule has 1 N–H and O–H groups in total. The van der Waals surface area contributed by atoms with Crippen molar-refractivity contribution in [3.05, 3.63) is 29.8 Å². The highest BCUT2D eigenvalue weighted by Gasteiger charge is 2.16. The van der Waals surface area contributed by atoms with Crippen LogP contribution in [0.15, 0.2) is 24.3 Å². The van der Waals surface area contributed by atoms with Gasteiger partial charge in [-0.1, -0.05) is 18.2 Å². The average Bonchev–Trinajstić information content (AvgIpc) is 2.16. The lowest BCUT2D eigenvalue weighted by molar-refractivity contribution is -0.125. The lowest BCUT2D eigenvalue weighted by atomic mass is 10.2. The molecule has 14 heavy (non-hydrogen) atoms. The maximum absolute atomic E-state index is 11.5. The Labute approximate surface area is 84.0 Å². The fourth-order valence-corrected chi connectivity index (χ4v) is 1.34. The zero-order chi connectivity index (χ0) is 10.7. The fourth-order valence-electron chi connectivity index (χ4n) is 1.34. The zero-order valence-corrected chi connectivity index (χ0v) is 8.69. The quantitative estimate of drug-likeness (QED) is 0.770. The number of aliphatic hydroxyl groups is 1. The number of aliphatic hydroxyl groups excluding tert-OH is 1. The Hall–Kier alpha value is -1.35. The van der Waals surface area contributed by atoms with Crippen molar-refractivity contribution < 1.29 is 9.90 Å². The molecule has 1 atom stereocenters. The lowest BCUT2D eigenvalue weighted by Crippen LogP contribution is -2.34. The smallest absolute Gasteiger partial charge is 0.255 e. The lowest BCUT2D eigenvalue weighted by Gasteiger charge is -2.20. The van der Waals surface area contributed by atoms with Gasteiger partial charge in [0.1, 0.15) is 6.10 Å². The van der Waals surface area contributed by atoms with Crippen LogP contribution in [0.25, 0.3) is 0 Å². The molecule has 3 nitrogen and oxygen atoms in total. The van der Waals surface area contributed by atoms with Crippen molar-refractivity contribution >= 4 is 11.6 Å². The number of carbonyl (C=O) groups excluding carboxylic acids is 1. The molecule has 0 aliphatic rings. The number of para-hydroxylation sites is 1. The Morgan fingerprint density at radius 3 is 2.50 bits per heavy atom. The number of rotatable bonds is 2. The number of nitrogens with zero attached hydrogens (tertiary/aromatic N) is 1. The van der Waals surface area contributed by atoms with Crippen LogP contribution in [0, 0.1) is 6.92 Å². The zero-order valence-electron chi connectivity index (χ0n) is 8.69. The van der Waals surface area contributed by atoms with Gasteiger partial charge in [0.25, 0.3) is 5.91 Å². The van der Waals surface area contributed by atoms with E-state index in [0.29, 0.717) is 0 Å². The second-order valence-electron chi connectivity index (χ2n) is 3.36. The highest BCUT2D eigenvalue weighted by atomic mass is 16.3. The molecule has 0 saturated carbocycles. The van der Waals surface area contributed by atoms with Gasteiger partial charge >= 0.3 is 0 Å². The molecule has 0 fully saturated rings. The van der Waals surface area contributed by atoms with Crippen LogP contribution in [-0.2, 0) is 4.79 Å².